The van der Waals surface area contributed by atoms with Gasteiger partial charge in [0.2, 0.25) is 0 Å². The number of halogens is 3. The Labute approximate surface area is 176 Å². The fourth-order valence-electron chi connectivity index (χ4n) is 3.91. The van der Waals surface area contributed by atoms with Gasteiger partial charge < -0.3 is 10.6 Å². The van der Waals surface area contributed by atoms with E-state index in [0.717, 1.165) is 42.3 Å². The van der Waals surface area contributed by atoms with E-state index in [-0.39, 0.29) is 16.6 Å². The number of aromatic nitrogens is 2. The third-order valence-corrected chi connectivity index (χ3v) is 5.74. The fraction of sp³-hybridized carbons (Fsp3) is 0.227. The predicted octanol–water partition coefficient (Wildman–Crippen LogP) is 3.99. The molecule has 4 heterocycles. The largest absolute Gasteiger partial charge is 0.369 e. The van der Waals surface area contributed by atoms with Gasteiger partial charge >= 0.3 is 0 Å². The van der Waals surface area contributed by atoms with Crippen molar-refractivity contribution in [1.82, 2.24) is 9.97 Å². The topological polar surface area (TPSA) is 67.4 Å². The Hall–Kier alpha value is -2.90. The summed E-state index contributed by atoms with van der Waals surface area (Å²) >= 11 is 5.87. The second-order valence-corrected chi connectivity index (χ2v) is 7.88. The molecule has 2 aliphatic rings. The first-order valence-corrected chi connectivity index (χ1v) is 10.0. The van der Waals surface area contributed by atoms with Crippen LogP contribution >= 0.6 is 11.6 Å². The van der Waals surface area contributed by atoms with Crippen molar-refractivity contribution in [2.45, 2.75) is 12.5 Å². The molecular formula is C22H18ClF2N5. The summed E-state index contributed by atoms with van der Waals surface area (Å²) in [5.74, 6) is -1.51. The van der Waals surface area contributed by atoms with E-state index < -0.39 is 11.6 Å². The number of fused-ring (bicyclic) bond motifs is 1. The molecule has 2 aromatic heterocycles. The molecule has 0 saturated carbocycles. The van der Waals surface area contributed by atoms with E-state index in [1.807, 2.05) is 30.5 Å². The lowest BCUT2D eigenvalue weighted by Gasteiger charge is -2.18. The minimum Gasteiger partial charge on any atom is -0.369 e. The van der Waals surface area contributed by atoms with Crippen LogP contribution in [-0.2, 0) is 0 Å². The smallest absolute Gasteiger partial charge is 0.144 e. The highest BCUT2D eigenvalue weighted by atomic mass is 35.5. The van der Waals surface area contributed by atoms with Gasteiger partial charge in [-0.2, -0.15) is 0 Å². The molecule has 1 aromatic carbocycles. The van der Waals surface area contributed by atoms with Crippen LogP contribution in [0, 0.1) is 11.6 Å². The van der Waals surface area contributed by atoms with Gasteiger partial charge in [0.25, 0.3) is 0 Å². The third kappa shape index (κ3) is 3.34. The van der Waals surface area contributed by atoms with Gasteiger partial charge in [-0.15, -0.1) is 0 Å². The lowest BCUT2D eigenvalue weighted by Crippen LogP contribution is -2.26. The Morgan fingerprint density at radius 2 is 1.97 bits per heavy atom. The van der Waals surface area contributed by atoms with Gasteiger partial charge in [-0.05, 0) is 30.7 Å². The van der Waals surface area contributed by atoms with Gasteiger partial charge in [0.15, 0.2) is 0 Å². The maximum atomic E-state index is 14.4. The van der Waals surface area contributed by atoms with Crippen molar-refractivity contribution in [3.8, 4) is 0 Å². The molecule has 0 amide bonds. The van der Waals surface area contributed by atoms with E-state index in [0.29, 0.717) is 23.5 Å². The number of pyridine rings is 2. The molecule has 1 fully saturated rings. The van der Waals surface area contributed by atoms with Crippen molar-refractivity contribution in [2.75, 3.05) is 24.5 Å². The number of nitrogens with two attached hydrogens (primary N) is 1. The van der Waals surface area contributed by atoms with Crippen molar-refractivity contribution in [1.29, 1.82) is 0 Å². The Bertz CT molecular complexity index is 1220. The summed E-state index contributed by atoms with van der Waals surface area (Å²) in [5, 5.41) is -0.149. The molecule has 0 aliphatic carbocycles. The number of nitrogens with zero attached hydrogens (tertiary/aromatic N) is 4. The zero-order valence-corrected chi connectivity index (χ0v) is 16.7. The molecule has 3 aromatic rings. The van der Waals surface area contributed by atoms with E-state index in [2.05, 4.69) is 14.9 Å². The number of hydrogen-bond acceptors (Lipinski definition) is 5. The summed E-state index contributed by atoms with van der Waals surface area (Å²) in [7, 11) is 0. The van der Waals surface area contributed by atoms with E-state index >= 15 is 0 Å². The highest BCUT2D eigenvalue weighted by Gasteiger charge is 2.23. The van der Waals surface area contributed by atoms with E-state index in [9.17, 15) is 8.78 Å². The molecule has 5 nitrogen and oxygen atoms in total. The SMILES string of the molecule is NC1CCN(c2cnc3ccc(C4=CCN=C4c4cc(Cl)c(F)cc4F)nc3c2)C1. The molecular weight excluding hydrogens is 408 g/mol. The number of rotatable bonds is 3. The molecule has 152 valence electrons. The zero-order valence-electron chi connectivity index (χ0n) is 15.9. The molecule has 0 bridgehead atoms. The molecule has 8 heteroatoms. The summed E-state index contributed by atoms with van der Waals surface area (Å²) in [6.07, 6.45) is 4.65. The number of aliphatic imine (C=N–C) groups is 1. The van der Waals surface area contributed by atoms with Gasteiger partial charge in [-0.25, -0.2) is 13.8 Å². The Balaban J connectivity index is 1.52. The number of hydrogen-bond donors (Lipinski definition) is 1. The number of anilines is 1. The Kier molecular flexibility index (Phi) is 4.72. The van der Waals surface area contributed by atoms with Gasteiger partial charge in [-0.1, -0.05) is 17.7 Å². The zero-order chi connectivity index (χ0) is 20.8. The van der Waals surface area contributed by atoms with Crippen molar-refractivity contribution in [3.05, 3.63) is 70.5 Å². The van der Waals surface area contributed by atoms with Crippen molar-refractivity contribution < 1.29 is 8.78 Å². The average Bonchev–Trinajstić information content (AvgIpc) is 3.39. The van der Waals surface area contributed by atoms with Crippen molar-refractivity contribution in [3.63, 3.8) is 0 Å². The Morgan fingerprint density at radius 3 is 2.77 bits per heavy atom. The minimum absolute atomic E-state index is 0.149. The molecule has 1 unspecified atom stereocenters. The molecule has 1 atom stereocenters. The van der Waals surface area contributed by atoms with Crippen LogP contribution in [0.4, 0.5) is 14.5 Å². The predicted molar refractivity (Wildman–Crippen MR) is 115 cm³/mol. The van der Waals surface area contributed by atoms with Crippen LogP contribution in [0.3, 0.4) is 0 Å². The molecule has 2 aliphatic heterocycles. The van der Waals surface area contributed by atoms with Crippen LogP contribution in [0.1, 0.15) is 17.7 Å². The van der Waals surface area contributed by atoms with Crippen LogP contribution in [0.5, 0.6) is 0 Å². The fourth-order valence-corrected chi connectivity index (χ4v) is 4.07. The quantitative estimate of drug-likeness (QED) is 0.644. The number of allylic oxidation sites excluding steroid dienone is 1. The van der Waals surface area contributed by atoms with Gasteiger partial charge in [0.1, 0.15) is 11.6 Å². The molecule has 1 saturated heterocycles. The summed E-state index contributed by atoms with van der Waals surface area (Å²) in [4.78, 5) is 15.9. The van der Waals surface area contributed by atoms with Crippen molar-refractivity contribution in [2.24, 2.45) is 10.7 Å². The molecule has 2 N–H and O–H groups in total. The second kappa shape index (κ2) is 7.41. The van der Waals surface area contributed by atoms with Crippen LogP contribution in [0.2, 0.25) is 5.02 Å². The lowest BCUT2D eigenvalue weighted by atomic mass is 9.99. The van der Waals surface area contributed by atoms with Gasteiger partial charge in [0, 0.05) is 36.3 Å². The highest BCUT2D eigenvalue weighted by Crippen LogP contribution is 2.29. The first-order chi connectivity index (χ1) is 14.5. The first-order valence-electron chi connectivity index (χ1n) is 9.67. The van der Waals surface area contributed by atoms with Crippen LogP contribution in [0.25, 0.3) is 16.6 Å². The van der Waals surface area contributed by atoms with E-state index in [1.54, 1.807) is 0 Å². The maximum absolute atomic E-state index is 14.4. The summed E-state index contributed by atoms with van der Waals surface area (Å²) in [6, 6.07) is 7.91. The standard InChI is InChI=1S/C22H18ClF2N5/c23-16-8-15(17(24)9-18(16)25)22-14(3-5-27-22)19-1-2-20-21(29-19)7-13(10-28-20)30-6-4-12(26)11-30/h1-3,7-10,12H,4-6,11,26H2. The van der Waals surface area contributed by atoms with Crippen molar-refractivity contribution >= 4 is 39.6 Å². The summed E-state index contributed by atoms with van der Waals surface area (Å²) in [5.41, 5.74) is 10.4. The molecule has 0 spiro atoms. The molecule has 30 heavy (non-hydrogen) atoms. The minimum atomic E-state index is -0.800. The third-order valence-electron chi connectivity index (χ3n) is 5.45. The maximum Gasteiger partial charge on any atom is 0.144 e. The van der Waals surface area contributed by atoms with Crippen LogP contribution in [-0.4, -0.2) is 41.4 Å². The monoisotopic (exact) mass is 425 g/mol. The molecule has 0 radical (unpaired) electrons. The first kappa shape index (κ1) is 19.1. The van der Waals surface area contributed by atoms with Crippen LogP contribution < -0.4 is 10.6 Å². The lowest BCUT2D eigenvalue weighted by molar-refractivity contribution is 0.582. The second-order valence-electron chi connectivity index (χ2n) is 7.48. The van der Waals surface area contributed by atoms with Crippen LogP contribution in [0.15, 0.2) is 47.6 Å². The summed E-state index contributed by atoms with van der Waals surface area (Å²) in [6.45, 7) is 2.07. The number of benzene rings is 1. The summed E-state index contributed by atoms with van der Waals surface area (Å²) < 4.78 is 28.0. The van der Waals surface area contributed by atoms with Gasteiger partial charge in [0.05, 0.1) is 45.9 Å². The highest BCUT2D eigenvalue weighted by molar-refractivity contribution is 6.35. The van der Waals surface area contributed by atoms with E-state index in [1.165, 1.54) is 6.07 Å². The average molecular weight is 426 g/mol. The van der Waals surface area contributed by atoms with E-state index in [4.69, 9.17) is 22.3 Å². The molecule has 5 rings (SSSR count). The normalized spacial score (nSPS) is 18.8. The Morgan fingerprint density at radius 1 is 1.10 bits per heavy atom. The van der Waals surface area contributed by atoms with Gasteiger partial charge in [-0.3, -0.25) is 9.98 Å².